The Kier molecular flexibility index (Phi) is 2.05. The zero-order valence-electron chi connectivity index (χ0n) is 8.05. The first-order chi connectivity index (χ1) is 6.08. The van der Waals surface area contributed by atoms with Crippen molar-refractivity contribution < 1.29 is 9.18 Å². The average Bonchev–Trinajstić information content (AvgIpc) is 2.85. The van der Waals surface area contributed by atoms with E-state index in [1.54, 1.807) is 6.92 Å². The molecule has 0 N–H and O–H groups in total. The van der Waals surface area contributed by atoms with Crippen LogP contribution in [0.15, 0.2) is 0 Å². The van der Waals surface area contributed by atoms with Crippen LogP contribution in [-0.2, 0) is 4.79 Å². The summed E-state index contributed by atoms with van der Waals surface area (Å²) >= 11 is 0. The Labute approximate surface area is 78.1 Å². The minimum atomic E-state index is -1.04. The molecule has 0 aromatic carbocycles. The minimum absolute atomic E-state index is 0.260. The number of nitrogens with zero attached hydrogens (tertiary/aromatic N) is 1. The van der Waals surface area contributed by atoms with Gasteiger partial charge in [0.2, 0.25) is 5.91 Å². The number of alkyl halides is 1. The highest BCUT2D eigenvalue weighted by Gasteiger charge is 2.37. The molecule has 1 saturated carbocycles. The maximum Gasteiger partial charge on any atom is 0.225 e. The van der Waals surface area contributed by atoms with Gasteiger partial charge in [-0.15, -0.1) is 0 Å². The number of piperidine rings is 1. The van der Waals surface area contributed by atoms with E-state index < -0.39 is 5.67 Å². The molecular weight excluding hydrogens is 169 g/mol. The summed E-state index contributed by atoms with van der Waals surface area (Å²) in [4.78, 5) is 13.4. The fourth-order valence-corrected chi connectivity index (χ4v) is 1.78. The second-order valence-corrected chi connectivity index (χ2v) is 4.51. The number of hydrogen-bond donors (Lipinski definition) is 0. The van der Waals surface area contributed by atoms with E-state index in [9.17, 15) is 9.18 Å². The monoisotopic (exact) mass is 185 g/mol. The summed E-state index contributed by atoms with van der Waals surface area (Å²) in [5.74, 6) is 0.541. The molecule has 2 aliphatic rings. The Morgan fingerprint density at radius 1 is 1.38 bits per heavy atom. The van der Waals surface area contributed by atoms with E-state index in [0.717, 1.165) is 12.8 Å². The topological polar surface area (TPSA) is 20.3 Å². The summed E-state index contributed by atoms with van der Waals surface area (Å²) in [5, 5.41) is 0. The lowest BCUT2D eigenvalue weighted by Gasteiger charge is -2.34. The van der Waals surface area contributed by atoms with E-state index in [1.807, 2.05) is 4.90 Å². The van der Waals surface area contributed by atoms with Gasteiger partial charge in [0.15, 0.2) is 0 Å². The number of rotatable bonds is 1. The summed E-state index contributed by atoms with van der Waals surface area (Å²) < 4.78 is 13.4. The van der Waals surface area contributed by atoms with Crippen molar-refractivity contribution in [3.63, 3.8) is 0 Å². The molecule has 3 heteroatoms. The van der Waals surface area contributed by atoms with Crippen molar-refractivity contribution >= 4 is 5.91 Å². The molecule has 13 heavy (non-hydrogen) atoms. The van der Waals surface area contributed by atoms with E-state index in [1.165, 1.54) is 0 Å². The molecule has 0 bridgehead atoms. The van der Waals surface area contributed by atoms with Crippen molar-refractivity contribution in [2.45, 2.75) is 38.3 Å². The maximum absolute atomic E-state index is 13.4. The number of amides is 1. The molecule has 1 saturated heterocycles. The molecule has 1 aliphatic heterocycles. The highest BCUT2D eigenvalue weighted by Crippen LogP contribution is 2.33. The molecule has 74 valence electrons. The van der Waals surface area contributed by atoms with Gasteiger partial charge >= 0.3 is 0 Å². The predicted octanol–water partition coefficient (Wildman–Crippen LogP) is 1.75. The Bertz CT molecular complexity index is 213. The van der Waals surface area contributed by atoms with Gasteiger partial charge in [-0.05, 0) is 32.6 Å². The molecule has 1 amide bonds. The summed E-state index contributed by atoms with van der Waals surface area (Å²) in [6.07, 6.45) is 3.10. The molecule has 0 atom stereocenters. The lowest BCUT2D eigenvalue weighted by atomic mass is 9.95. The van der Waals surface area contributed by atoms with Crippen molar-refractivity contribution in [1.82, 2.24) is 4.90 Å². The van der Waals surface area contributed by atoms with E-state index in [2.05, 4.69) is 0 Å². The van der Waals surface area contributed by atoms with Gasteiger partial charge in [0.1, 0.15) is 5.67 Å². The van der Waals surface area contributed by atoms with Crippen LogP contribution < -0.4 is 0 Å². The summed E-state index contributed by atoms with van der Waals surface area (Å²) in [5.41, 5.74) is -1.04. The van der Waals surface area contributed by atoms with Crippen LogP contribution in [0.2, 0.25) is 0 Å². The van der Waals surface area contributed by atoms with Crippen LogP contribution in [0.1, 0.15) is 32.6 Å². The maximum atomic E-state index is 13.4. The lowest BCUT2D eigenvalue weighted by Crippen LogP contribution is -2.43. The van der Waals surface area contributed by atoms with Crippen molar-refractivity contribution in [2.24, 2.45) is 5.92 Å². The minimum Gasteiger partial charge on any atom is -0.342 e. The van der Waals surface area contributed by atoms with Crippen LogP contribution in [0.25, 0.3) is 0 Å². The van der Waals surface area contributed by atoms with E-state index in [0.29, 0.717) is 25.9 Å². The van der Waals surface area contributed by atoms with Crippen molar-refractivity contribution in [3.8, 4) is 0 Å². The third-order valence-corrected chi connectivity index (χ3v) is 3.04. The first-order valence-corrected chi connectivity index (χ1v) is 5.06. The first-order valence-electron chi connectivity index (χ1n) is 5.06. The van der Waals surface area contributed by atoms with Crippen molar-refractivity contribution in [2.75, 3.05) is 13.1 Å². The van der Waals surface area contributed by atoms with Crippen LogP contribution in [0.3, 0.4) is 0 Å². The molecule has 2 nitrogen and oxygen atoms in total. The lowest BCUT2D eigenvalue weighted by molar-refractivity contribution is -0.134. The smallest absolute Gasteiger partial charge is 0.225 e. The number of carbonyl (C=O) groups is 1. The summed E-state index contributed by atoms with van der Waals surface area (Å²) in [6, 6.07) is 0. The van der Waals surface area contributed by atoms with E-state index in [4.69, 9.17) is 0 Å². The van der Waals surface area contributed by atoms with Gasteiger partial charge in [-0.3, -0.25) is 4.79 Å². The summed E-state index contributed by atoms with van der Waals surface area (Å²) in [7, 11) is 0. The second kappa shape index (κ2) is 2.96. The molecule has 1 aliphatic carbocycles. The number of hydrogen-bond acceptors (Lipinski definition) is 1. The molecular formula is C10H16FNO. The Balaban J connectivity index is 1.86. The fraction of sp³-hybridized carbons (Fsp3) is 0.900. The molecule has 1 heterocycles. The van der Waals surface area contributed by atoms with Crippen LogP contribution in [0.5, 0.6) is 0 Å². The van der Waals surface area contributed by atoms with Gasteiger partial charge in [0.05, 0.1) is 0 Å². The number of likely N-dealkylation sites (tertiary alicyclic amines) is 1. The molecule has 0 aromatic rings. The highest BCUT2D eigenvalue weighted by molar-refractivity contribution is 5.81. The number of halogens is 1. The SMILES string of the molecule is CC1(F)CCN(C(=O)C2CC2)CC1. The van der Waals surface area contributed by atoms with E-state index >= 15 is 0 Å². The van der Waals surface area contributed by atoms with Crippen molar-refractivity contribution in [3.05, 3.63) is 0 Å². The Hall–Kier alpha value is -0.600. The van der Waals surface area contributed by atoms with Gasteiger partial charge in [-0.25, -0.2) is 4.39 Å². The number of carbonyl (C=O) groups excluding carboxylic acids is 1. The molecule has 2 rings (SSSR count). The Morgan fingerprint density at radius 2 is 1.92 bits per heavy atom. The quantitative estimate of drug-likeness (QED) is 0.609. The fourth-order valence-electron chi connectivity index (χ4n) is 1.78. The van der Waals surface area contributed by atoms with Crippen LogP contribution in [0.4, 0.5) is 4.39 Å². The predicted molar refractivity (Wildman–Crippen MR) is 48.1 cm³/mol. The van der Waals surface area contributed by atoms with Crippen LogP contribution >= 0.6 is 0 Å². The highest BCUT2D eigenvalue weighted by atomic mass is 19.1. The van der Waals surface area contributed by atoms with Gasteiger partial charge in [0, 0.05) is 19.0 Å². The second-order valence-electron chi connectivity index (χ2n) is 4.51. The first kappa shape index (κ1) is 8.97. The van der Waals surface area contributed by atoms with Crippen molar-refractivity contribution in [1.29, 1.82) is 0 Å². The van der Waals surface area contributed by atoms with Gasteiger partial charge in [-0.1, -0.05) is 0 Å². The molecule has 0 radical (unpaired) electrons. The molecule has 0 aromatic heterocycles. The summed E-state index contributed by atoms with van der Waals surface area (Å²) in [6.45, 7) is 2.86. The third kappa shape index (κ3) is 2.01. The zero-order valence-corrected chi connectivity index (χ0v) is 8.05. The van der Waals surface area contributed by atoms with Crippen LogP contribution in [-0.4, -0.2) is 29.6 Å². The van der Waals surface area contributed by atoms with Gasteiger partial charge in [-0.2, -0.15) is 0 Å². The standard InChI is InChI=1S/C10H16FNO/c1-10(11)4-6-12(7-5-10)9(13)8-2-3-8/h8H,2-7H2,1H3. The molecule has 0 unspecified atom stereocenters. The molecule has 0 spiro atoms. The van der Waals surface area contributed by atoms with Crippen LogP contribution in [0, 0.1) is 5.92 Å². The van der Waals surface area contributed by atoms with Gasteiger partial charge in [0.25, 0.3) is 0 Å². The normalized spacial score (nSPS) is 27.4. The average molecular weight is 185 g/mol. The Morgan fingerprint density at radius 3 is 2.38 bits per heavy atom. The van der Waals surface area contributed by atoms with Gasteiger partial charge < -0.3 is 4.90 Å². The molecule has 2 fully saturated rings. The van der Waals surface area contributed by atoms with E-state index in [-0.39, 0.29) is 11.8 Å². The largest absolute Gasteiger partial charge is 0.342 e. The zero-order chi connectivity index (χ0) is 9.47. The third-order valence-electron chi connectivity index (χ3n) is 3.04.